The summed E-state index contributed by atoms with van der Waals surface area (Å²) in [5, 5.41) is 2.77. The second-order valence-electron chi connectivity index (χ2n) is 5.18. The van der Waals surface area contributed by atoms with Crippen molar-refractivity contribution in [2.45, 2.75) is 33.2 Å². The van der Waals surface area contributed by atoms with E-state index in [1.54, 1.807) is 11.8 Å². The lowest BCUT2D eigenvalue weighted by atomic mass is 9.86. The maximum Gasteiger partial charge on any atom is 0.409 e. The molecule has 1 rings (SSSR count). The number of methoxy groups -OCH3 is 1. The fourth-order valence-corrected chi connectivity index (χ4v) is 2.32. The van der Waals surface area contributed by atoms with Crippen LogP contribution in [0.25, 0.3) is 0 Å². The quantitative estimate of drug-likeness (QED) is 0.851. The van der Waals surface area contributed by atoms with Gasteiger partial charge < -0.3 is 19.7 Å². The molecule has 1 fully saturated rings. The zero-order valence-electron chi connectivity index (χ0n) is 12.1. The van der Waals surface area contributed by atoms with Crippen LogP contribution in [0.4, 0.5) is 9.59 Å². The molecule has 0 spiro atoms. The second kappa shape index (κ2) is 7.21. The molecule has 0 aromatic carbocycles. The van der Waals surface area contributed by atoms with Crippen LogP contribution < -0.4 is 5.32 Å². The van der Waals surface area contributed by atoms with Crippen molar-refractivity contribution in [3.8, 4) is 0 Å². The first-order chi connectivity index (χ1) is 8.97. The van der Waals surface area contributed by atoms with Gasteiger partial charge >= 0.3 is 12.2 Å². The molecule has 1 aliphatic rings. The zero-order valence-corrected chi connectivity index (χ0v) is 12.1. The minimum absolute atomic E-state index is 0.0852. The van der Waals surface area contributed by atoms with Crippen LogP contribution >= 0.6 is 0 Å². The highest BCUT2D eigenvalue weighted by Crippen LogP contribution is 2.24. The van der Waals surface area contributed by atoms with Crippen LogP contribution in [0.2, 0.25) is 0 Å². The SMILES string of the molecule is CCOC(=O)N1CC(NC(=O)OC)CC(C(C)C)C1. The van der Waals surface area contributed by atoms with E-state index >= 15 is 0 Å². The van der Waals surface area contributed by atoms with Gasteiger partial charge in [0.15, 0.2) is 0 Å². The van der Waals surface area contributed by atoms with E-state index in [0.29, 0.717) is 31.5 Å². The van der Waals surface area contributed by atoms with E-state index in [4.69, 9.17) is 4.74 Å². The number of ether oxygens (including phenoxy) is 2. The molecule has 6 heteroatoms. The number of piperidine rings is 1. The zero-order chi connectivity index (χ0) is 14.4. The van der Waals surface area contributed by atoms with Crippen LogP contribution in [0.5, 0.6) is 0 Å². The van der Waals surface area contributed by atoms with E-state index in [9.17, 15) is 9.59 Å². The van der Waals surface area contributed by atoms with Gasteiger partial charge in [0.25, 0.3) is 0 Å². The fraction of sp³-hybridized carbons (Fsp3) is 0.846. The van der Waals surface area contributed by atoms with Crippen molar-refractivity contribution in [2.24, 2.45) is 11.8 Å². The normalized spacial score (nSPS) is 23.1. The average molecular weight is 272 g/mol. The molecule has 1 aliphatic heterocycles. The molecule has 2 atom stereocenters. The Balaban J connectivity index is 2.67. The summed E-state index contributed by atoms with van der Waals surface area (Å²) in [7, 11) is 1.33. The molecule has 6 nitrogen and oxygen atoms in total. The smallest absolute Gasteiger partial charge is 0.409 e. The Morgan fingerprint density at radius 1 is 1.37 bits per heavy atom. The third-order valence-corrected chi connectivity index (χ3v) is 3.46. The number of carbonyl (C=O) groups is 2. The molecule has 1 saturated heterocycles. The monoisotopic (exact) mass is 272 g/mol. The Bertz CT molecular complexity index is 320. The molecule has 1 heterocycles. The highest BCUT2D eigenvalue weighted by Gasteiger charge is 2.33. The van der Waals surface area contributed by atoms with Crippen molar-refractivity contribution in [3.63, 3.8) is 0 Å². The first kappa shape index (κ1) is 15.6. The number of nitrogens with one attached hydrogen (secondary N) is 1. The van der Waals surface area contributed by atoms with Gasteiger partial charge in [-0.05, 0) is 25.2 Å². The van der Waals surface area contributed by atoms with Crippen LogP contribution in [0, 0.1) is 11.8 Å². The molecular weight excluding hydrogens is 248 g/mol. The fourth-order valence-electron chi connectivity index (χ4n) is 2.32. The van der Waals surface area contributed by atoms with Crippen LogP contribution in [0.1, 0.15) is 27.2 Å². The molecule has 110 valence electrons. The van der Waals surface area contributed by atoms with E-state index in [1.807, 2.05) is 0 Å². The third kappa shape index (κ3) is 4.61. The largest absolute Gasteiger partial charge is 0.453 e. The van der Waals surface area contributed by atoms with Crippen molar-refractivity contribution in [1.82, 2.24) is 10.2 Å². The van der Waals surface area contributed by atoms with E-state index in [2.05, 4.69) is 23.9 Å². The summed E-state index contributed by atoms with van der Waals surface area (Å²) in [6.45, 7) is 7.53. The van der Waals surface area contributed by atoms with Gasteiger partial charge in [0, 0.05) is 13.1 Å². The number of amides is 2. The second-order valence-corrected chi connectivity index (χ2v) is 5.18. The van der Waals surface area contributed by atoms with Crippen LogP contribution in [-0.2, 0) is 9.47 Å². The maximum atomic E-state index is 11.8. The van der Waals surface area contributed by atoms with Crippen molar-refractivity contribution < 1.29 is 19.1 Å². The molecular formula is C13H24N2O4. The molecule has 2 unspecified atom stereocenters. The summed E-state index contributed by atoms with van der Waals surface area (Å²) in [5.74, 6) is 0.791. The Labute approximate surface area is 114 Å². The number of rotatable bonds is 3. The average Bonchev–Trinajstić information content (AvgIpc) is 2.38. The Morgan fingerprint density at radius 2 is 2.05 bits per heavy atom. The number of carbonyl (C=O) groups excluding carboxylic acids is 2. The molecule has 1 N–H and O–H groups in total. The van der Waals surface area contributed by atoms with Crippen molar-refractivity contribution in [2.75, 3.05) is 26.8 Å². The minimum atomic E-state index is -0.460. The maximum absolute atomic E-state index is 11.8. The highest BCUT2D eigenvalue weighted by molar-refractivity contribution is 5.69. The highest BCUT2D eigenvalue weighted by atomic mass is 16.6. The predicted molar refractivity (Wildman–Crippen MR) is 70.9 cm³/mol. The summed E-state index contributed by atoms with van der Waals surface area (Å²) < 4.78 is 9.64. The van der Waals surface area contributed by atoms with Gasteiger partial charge in [0.2, 0.25) is 0 Å². The van der Waals surface area contributed by atoms with Crippen molar-refractivity contribution in [3.05, 3.63) is 0 Å². The summed E-state index contributed by atoms with van der Waals surface area (Å²) in [5.41, 5.74) is 0. The molecule has 0 saturated carbocycles. The van der Waals surface area contributed by atoms with Gasteiger partial charge in [0.05, 0.1) is 19.8 Å². The lowest BCUT2D eigenvalue weighted by Crippen LogP contribution is -2.53. The first-order valence-corrected chi connectivity index (χ1v) is 6.74. The number of hydrogen-bond donors (Lipinski definition) is 1. The minimum Gasteiger partial charge on any atom is -0.453 e. The molecule has 0 aromatic rings. The van der Waals surface area contributed by atoms with Gasteiger partial charge in [-0.2, -0.15) is 0 Å². The Kier molecular flexibility index (Phi) is 5.92. The number of alkyl carbamates (subject to hydrolysis) is 1. The number of nitrogens with zero attached hydrogens (tertiary/aromatic N) is 1. The molecule has 0 radical (unpaired) electrons. The van der Waals surface area contributed by atoms with Gasteiger partial charge in [-0.25, -0.2) is 9.59 Å². The van der Waals surface area contributed by atoms with E-state index in [-0.39, 0.29) is 12.1 Å². The van der Waals surface area contributed by atoms with Crippen LogP contribution in [0.3, 0.4) is 0 Å². The van der Waals surface area contributed by atoms with Crippen LogP contribution in [0.15, 0.2) is 0 Å². The van der Waals surface area contributed by atoms with E-state index in [0.717, 1.165) is 6.42 Å². The Hall–Kier alpha value is -1.46. The van der Waals surface area contributed by atoms with Crippen LogP contribution in [-0.4, -0.2) is 49.9 Å². The summed E-state index contributed by atoms with van der Waals surface area (Å²) in [6, 6.07) is -0.0852. The van der Waals surface area contributed by atoms with Gasteiger partial charge in [-0.15, -0.1) is 0 Å². The molecule has 0 bridgehead atoms. The topological polar surface area (TPSA) is 67.9 Å². The molecule has 0 aromatic heterocycles. The summed E-state index contributed by atoms with van der Waals surface area (Å²) >= 11 is 0. The molecule has 19 heavy (non-hydrogen) atoms. The standard InChI is InChI=1S/C13H24N2O4/c1-5-19-13(17)15-7-10(9(2)3)6-11(8-15)14-12(16)18-4/h9-11H,5-8H2,1-4H3,(H,14,16). The third-order valence-electron chi connectivity index (χ3n) is 3.46. The van der Waals surface area contributed by atoms with Gasteiger partial charge in [-0.1, -0.05) is 13.8 Å². The summed E-state index contributed by atoms with van der Waals surface area (Å²) in [6.07, 6.45) is 0.0746. The number of hydrogen-bond acceptors (Lipinski definition) is 4. The molecule has 0 aliphatic carbocycles. The van der Waals surface area contributed by atoms with Gasteiger partial charge in [0.1, 0.15) is 0 Å². The lowest BCUT2D eigenvalue weighted by Gasteiger charge is -2.38. The van der Waals surface area contributed by atoms with E-state index in [1.165, 1.54) is 7.11 Å². The van der Waals surface area contributed by atoms with E-state index < -0.39 is 6.09 Å². The first-order valence-electron chi connectivity index (χ1n) is 6.74. The Morgan fingerprint density at radius 3 is 2.58 bits per heavy atom. The summed E-state index contributed by atoms with van der Waals surface area (Å²) in [4.78, 5) is 24.8. The number of likely N-dealkylation sites (tertiary alicyclic amines) is 1. The van der Waals surface area contributed by atoms with Crippen molar-refractivity contribution >= 4 is 12.2 Å². The molecule has 2 amide bonds. The predicted octanol–water partition coefficient (Wildman–Crippen LogP) is 1.85. The van der Waals surface area contributed by atoms with Gasteiger partial charge in [-0.3, -0.25) is 0 Å². The van der Waals surface area contributed by atoms with Crippen molar-refractivity contribution in [1.29, 1.82) is 0 Å². The lowest BCUT2D eigenvalue weighted by molar-refractivity contribution is 0.0689.